The van der Waals surface area contributed by atoms with Gasteiger partial charge in [-0.25, -0.2) is 9.97 Å². The molecule has 10 heteroatoms. The monoisotopic (exact) mass is 526 g/mol. The van der Waals surface area contributed by atoms with Crippen LogP contribution in [0, 0.1) is 0 Å². The number of H-pyrrole nitrogens is 1. The number of amides is 2. The lowest BCUT2D eigenvalue weighted by atomic mass is 10.1. The Labute approximate surface area is 226 Å². The number of nitrogens with zero attached hydrogens (tertiary/aromatic N) is 3. The van der Waals surface area contributed by atoms with Crippen molar-refractivity contribution < 1.29 is 19.4 Å². The summed E-state index contributed by atoms with van der Waals surface area (Å²) < 4.78 is 6.22. The molecule has 1 aliphatic rings. The average molecular weight is 527 g/mol. The normalized spacial score (nSPS) is 13.8. The van der Waals surface area contributed by atoms with Crippen molar-refractivity contribution >= 4 is 17.6 Å². The molecule has 39 heavy (non-hydrogen) atoms. The summed E-state index contributed by atoms with van der Waals surface area (Å²) in [6, 6.07) is 17.7. The van der Waals surface area contributed by atoms with Crippen LogP contribution < -0.4 is 15.4 Å². The number of carbonyl (C=O) groups excluding carboxylic acids is 2. The van der Waals surface area contributed by atoms with Gasteiger partial charge < -0.3 is 30.4 Å². The van der Waals surface area contributed by atoms with Crippen LogP contribution in [0.3, 0.4) is 0 Å². The number of imidazole rings is 1. The molecule has 2 aromatic carbocycles. The number of carbonyl (C=O) groups is 2. The summed E-state index contributed by atoms with van der Waals surface area (Å²) in [5.74, 6) is 1.49. The maximum atomic E-state index is 12.9. The topological polar surface area (TPSA) is 132 Å². The van der Waals surface area contributed by atoms with Gasteiger partial charge in [0.05, 0.1) is 6.33 Å². The number of ether oxygens (including phenoxy) is 1. The fourth-order valence-electron chi connectivity index (χ4n) is 4.35. The molecule has 3 heterocycles. The lowest BCUT2D eigenvalue weighted by molar-refractivity contribution is -0.128. The van der Waals surface area contributed by atoms with Gasteiger partial charge in [0.15, 0.2) is 6.23 Å². The summed E-state index contributed by atoms with van der Waals surface area (Å²) in [6.45, 7) is 1.56. The second-order valence-corrected chi connectivity index (χ2v) is 9.26. The Hall–Kier alpha value is -4.70. The minimum atomic E-state index is -0.945. The molecule has 5 rings (SSSR count). The van der Waals surface area contributed by atoms with E-state index >= 15 is 0 Å². The minimum Gasteiger partial charge on any atom is -0.457 e. The summed E-state index contributed by atoms with van der Waals surface area (Å²) >= 11 is 0. The van der Waals surface area contributed by atoms with Crippen molar-refractivity contribution in [2.75, 3.05) is 18.4 Å². The van der Waals surface area contributed by atoms with Crippen molar-refractivity contribution in [3.63, 3.8) is 0 Å². The summed E-state index contributed by atoms with van der Waals surface area (Å²) in [7, 11) is 0. The molecule has 1 fully saturated rings. The molecule has 0 radical (unpaired) electrons. The molecule has 2 aromatic heterocycles. The van der Waals surface area contributed by atoms with Crippen LogP contribution in [-0.2, 0) is 17.8 Å². The standard InChI is InChI=1S/C29H30N6O4/c36-27-5-3-15-35(27)18-22-7-6-21(28(37)32-14-12-23-17-30-19-33-23)16-25(22)39-24-10-8-20(9-11-24)29(38)34-26-4-1-2-13-31-26/h1-2,4,6-11,13,16-17,19,29,38H,3,5,12,14-15,18H2,(H,30,33)(H,31,34)(H,32,37). The number of benzene rings is 2. The van der Waals surface area contributed by atoms with Gasteiger partial charge in [-0.15, -0.1) is 0 Å². The molecule has 0 bridgehead atoms. The molecule has 0 aliphatic carbocycles. The number of rotatable bonds is 11. The molecular formula is C29H30N6O4. The van der Waals surface area contributed by atoms with Crippen LogP contribution in [0.4, 0.5) is 5.82 Å². The van der Waals surface area contributed by atoms with Gasteiger partial charge in [0.1, 0.15) is 17.3 Å². The first kappa shape index (κ1) is 25.9. The lowest BCUT2D eigenvalue weighted by Gasteiger charge is -2.19. The van der Waals surface area contributed by atoms with E-state index in [-0.39, 0.29) is 11.8 Å². The van der Waals surface area contributed by atoms with E-state index in [1.807, 2.05) is 12.1 Å². The number of pyridine rings is 1. The highest BCUT2D eigenvalue weighted by molar-refractivity contribution is 5.94. The number of aromatic amines is 1. The molecule has 2 amide bonds. The lowest BCUT2D eigenvalue weighted by Crippen LogP contribution is -2.26. The second-order valence-electron chi connectivity index (χ2n) is 9.26. The first-order chi connectivity index (χ1) is 19.0. The largest absolute Gasteiger partial charge is 0.457 e. The Kier molecular flexibility index (Phi) is 8.13. The fraction of sp³-hybridized carbons (Fsp3) is 0.241. The highest BCUT2D eigenvalue weighted by Gasteiger charge is 2.22. The molecule has 200 valence electrons. The first-order valence-electron chi connectivity index (χ1n) is 12.8. The van der Waals surface area contributed by atoms with Crippen molar-refractivity contribution in [2.45, 2.75) is 32.0 Å². The molecular weight excluding hydrogens is 496 g/mol. The Bertz CT molecular complexity index is 1390. The molecule has 1 aliphatic heterocycles. The number of aliphatic hydroxyl groups is 1. The summed E-state index contributed by atoms with van der Waals surface area (Å²) in [6.07, 6.45) is 6.05. The van der Waals surface area contributed by atoms with Crippen LogP contribution in [0.1, 0.15) is 46.2 Å². The molecule has 1 saturated heterocycles. The van der Waals surface area contributed by atoms with Gasteiger partial charge in [-0.1, -0.05) is 24.3 Å². The SMILES string of the molecule is O=C(NCCc1cnc[nH]1)c1ccc(CN2CCCC2=O)c(Oc2ccc(C(O)Nc3ccccn3)cc2)c1. The number of aromatic nitrogens is 3. The molecule has 4 aromatic rings. The molecule has 10 nitrogen and oxygen atoms in total. The van der Waals surface area contributed by atoms with E-state index < -0.39 is 6.23 Å². The zero-order chi connectivity index (χ0) is 27.0. The Morgan fingerprint density at radius 1 is 1.15 bits per heavy atom. The molecule has 1 atom stereocenters. The van der Waals surface area contributed by atoms with Crippen LogP contribution >= 0.6 is 0 Å². The van der Waals surface area contributed by atoms with E-state index in [1.54, 1.807) is 72.2 Å². The van der Waals surface area contributed by atoms with E-state index in [2.05, 4.69) is 25.6 Å². The zero-order valence-corrected chi connectivity index (χ0v) is 21.3. The van der Waals surface area contributed by atoms with E-state index in [9.17, 15) is 14.7 Å². The van der Waals surface area contributed by atoms with E-state index in [4.69, 9.17) is 4.74 Å². The zero-order valence-electron chi connectivity index (χ0n) is 21.3. The van der Waals surface area contributed by atoms with Gasteiger partial charge in [-0.3, -0.25) is 9.59 Å². The minimum absolute atomic E-state index is 0.111. The van der Waals surface area contributed by atoms with Crippen molar-refractivity contribution in [3.05, 3.63) is 102 Å². The van der Waals surface area contributed by atoms with E-state index in [0.717, 1.165) is 17.7 Å². The maximum absolute atomic E-state index is 12.9. The third kappa shape index (κ3) is 6.79. The van der Waals surface area contributed by atoms with Gasteiger partial charge in [0.25, 0.3) is 5.91 Å². The smallest absolute Gasteiger partial charge is 0.251 e. The van der Waals surface area contributed by atoms with Gasteiger partial charge in [0.2, 0.25) is 5.91 Å². The predicted octanol–water partition coefficient (Wildman–Crippen LogP) is 3.79. The Morgan fingerprint density at radius 3 is 2.74 bits per heavy atom. The molecule has 4 N–H and O–H groups in total. The number of hydrogen-bond donors (Lipinski definition) is 4. The highest BCUT2D eigenvalue weighted by atomic mass is 16.5. The summed E-state index contributed by atoms with van der Waals surface area (Å²) in [5, 5.41) is 16.4. The number of aliphatic hydroxyl groups excluding tert-OH is 1. The van der Waals surface area contributed by atoms with Crippen LogP contribution in [0.15, 0.2) is 79.4 Å². The fourth-order valence-corrected chi connectivity index (χ4v) is 4.35. The second kappa shape index (κ2) is 12.2. The Morgan fingerprint density at radius 2 is 2.03 bits per heavy atom. The molecule has 0 saturated carbocycles. The van der Waals surface area contributed by atoms with E-state index in [0.29, 0.717) is 60.9 Å². The third-order valence-corrected chi connectivity index (χ3v) is 6.47. The summed E-state index contributed by atoms with van der Waals surface area (Å²) in [4.78, 5) is 38.1. The van der Waals surface area contributed by atoms with Crippen LogP contribution in [-0.4, -0.2) is 49.9 Å². The molecule has 1 unspecified atom stereocenters. The Balaban J connectivity index is 1.30. The average Bonchev–Trinajstić information content (AvgIpc) is 3.62. The van der Waals surface area contributed by atoms with E-state index in [1.165, 1.54) is 0 Å². The van der Waals surface area contributed by atoms with Gasteiger partial charge in [-0.2, -0.15) is 0 Å². The quantitative estimate of drug-likeness (QED) is 0.219. The summed E-state index contributed by atoms with van der Waals surface area (Å²) in [5.41, 5.74) is 2.84. The third-order valence-electron chi connectivity index (χ3n) is 6.47. The van der Waals surface area contributed by atoms with Gasteiger partial charge >= 0.3 is 0 Å². The van der Waals surface area contributed by atoms with Crippen molar-refractivity contribution in [2.24, 2.45) is 0 Å². The van der Waals surface area contributed by atoms with Crippen molar-refractivity contribution in [3.8, 4) is 11.5 Å². The van der Waals surface area contributed by atoms with Crippen LogP contribution in [0.2, 0.25) is 0 Å². The van der Waals surface area contributed by atoms with Crippen LogP contribution in [0.5, 0.6) is 11.5 Å². The predicted molar refractivity (Wildman–Crippen MR) is 145 cm³/mol. The highest BCUT2D eigenvalue weighted by Crippen LogP contribution is 2.30. The van der Waals surface area contributed by atoms with Gasteiger partial charge in [0, 0.05) is 67.3 Å². The van der Waals surface area contributed by atoms with Crippen molar-refractivity contribution in [1.82, 2.24) is 25.2 Å². The van der Waals surface area contributed by atoms with Crippen molar-refractivity contribution in [1.29, 1.82) is 0 Å². The van der Waals surface area contributed by atoms with Gasteiger partial charge in [-0.05, 0) is 42.8 Å². The maximum Gasteiger partial charge on any atom is 0.251 e. The number of likely N-dealkylation sites (tertiary alicyclic amines) is 1. The van der Waals surface area contributed by atoms with Crippen LogP contribution in [0.25, 0.3) is 0 Å². The number of nitrogens with one attached hydrogen (secondary N) is 3. The first-order valence-corrected chi connectivity index (χ1v) is 12.8. The number of hydrogen-bond acceptors (Lipinski definition) is 7. The number of anilines is 1. The molecule has 0 spiro atoms.